The Labute approximate surface area is 163 Å². The number of carbonyl (C=O) groups is 1. The average Bonchev–Trinajstić information content (AvgIpc) is 2.66. The maximum absolute atomic E-state index is 13.2. The molecule has 9 heteroatoms. The second-order valence-electron chi connectivity index (χ2n) is 6.32. The van der Waals surface area contributed by atoms with E-state index in [1.807, 2.05) is 13.8 Å². The van der Waals surface area contributed by atoms with Gasteiger partial charge in [-0.05, 0) is 36.6 Å². The molecule has 8 nitrogen and oxygen atoms in total. The second-order valence-corrected chi connectivity index (χ2v) is 8.18. The number of hydrogen-bond donors (Lipinski definition) is 0. The molecule has 0 bridgehead atoms. The van der Waals surface area contributed by atoms with Gasteiger partial charge >= 0.3 is 5.97 Å². The zero-order valence-electron chi connectivity index (χ0n) is 15.9. The fourth-order valence-corrected chi connectivity index (χ4v) is 4.00. The predicted molar refractivity (Wildman–Crippen MR) is 105 cm³/mol. The molecule has 150 valence electrons. The Balaban J connectivity index is 2.52. The Morgan fingerprint density at radius 1 is 1.18 bits per heavy atom. The lowest BCUT2D eigenvalue weighted by Gasteiger charge is -2.24. The largest absolute Gasteiger partial charge is 0.465 e. The van der Waals surface area contributed by atoms with Crippen LogP contribution < -0.4 is 4.31 Å². The molecule has 0 fully saturated rings. The highest BCUT2D eigenvalue weighted by molar-refractivity contribution is 7.92. The highest BCUT2D eigenvalue weighted by Crippen LogP contribution is 2.27. The first-order valence-corrected chi connectivity index (χ1v) is 10.1. The number of hydrogen-bond acceptors (Lipinski definition) is 6. The molecule has 0 amide bonds. The van der Waals surface area contributed by atoms with Gasteiger partial charge < -0.3 is 4.74 Å². The molecular weight excluding hydrogens is 384 g/mol. The van der Waals surface area contributed by atoms with E-state index in [1.165, 1.54) is 18.2 Å². The first-order valence-electron chi connectivity index (χ1n) is 8.69. The third kappa shape index (κ3) is 4.86. The first kappa shape index (κ1) is 21.4. The predicted octanol–water partition coefficient (Wildman–Crippen LogP) is 3.48. The number of rotatable bonds is 8. The Bertz CT molecular complexity index is 955. The van der Waals surface area contributed by atoms with Crippen molar-refractivity contribution in [3.63, 3.8) is 0 Å². The van der Waals surface area contributed by atoms with Crippen molar-refractivity contribution >= 4 is 27.4 Å². The molecule has 28 heavy (non-hydrogen) atoms. The summed E-state index contributed by atoms with van der Waals surface area (Å²) in [5.74, 6) is -0.467. The van der Waals surface area contributed by atoms with Gasteiger partial charge in [-0.3, -0.25) is 19.2 Å². The van der Waals surface area contributed by atoms with Crippen molar-refractivity contribution in [1.29, 1.82) is 0 Å². The molecule has 0 aliphatic carbocycles. The highest BCUT2D eigenvalue weighted by Gasteiger charge is 2.29. The summed E-state index contributed by atoms with van der Waals surface area (Å²) >= 11 is 0. The topological polar surface area (TPSA) is 107 Å². The molecule has 0 saturated carbocycles. The Morgan fingerprint density at radius 3 is 2.36 bits per heavy atom. The smallest absolute Gasteiger partial charge is 0.326 e. The van der Waals surface area contributed by atoms with Crippen LogP contribution in [0.1, 0.15) is 32.3 Å². The molecule has 0 heterocycles. The van der Waals surface area contributed by atoms with Crippen LogP contribution in [-0.4, -0.2) is 32.5 Å². The first-order chi connectivity index (χ1) is 13.2. The zero-order chi connectivity index (χ0) is 20.9. The molecule has 0 aliphatic heterocycles. The number of benzene rings is 2. The summed E-state index contributed by atoms with van der Waals surface area (Å²) in [4.78, 5) is 22.1. The monoisotopic (exact) mass is 406 g/mol. The molecule has 0 aromatic heterocycles. The standard InChI is InChI=1S/C19H22N2O6S/c1-4-27-19(22)13-20(16-10-8-15(9-11-16)14(2)3)28(25,26)18-7-5-6-17(12-18)21(23)24/h5-12,14H,4,13H2,1-3H3. The van der Waals surface area contributed by atoms with Crippen LogP contribution in [0.15, 0.2) is 53.4 Å². The summed E-state index contributed by atoms with van der Waals surface area (Å²) in [5, 5.41) is 11.0. The van der Waals surface area contributed by atoms with E-state index < -0.39 is 27.5 Å². The Morgan fingerprint density at radius 2 is 1.82 bits per heavy atom. The number of esters is 1. The molecule has 0 atom stereocenters. The molecule has 2 rings (SSSR count). The van der Waals surface area contributed by atoms with Gasteiger partial charge in [0.1, 0.15) is 6.54 Å². The molecule has 0 radical (unpaired) electrons. The van der Waals surface area contributed by atoms with E-state index in [-0.39, 0.29) is 28.8 Å². The van der Waals surface area contributed by atoms with Gasteiger partial charge in [-0.25, -0.2) is 8.42 Å². The van der Waals surface area contributed by atoms with Crippen LogP contribution in [0.3, 0.4) is 0 Å². The van der Waals surface area contributed by atoms with Crippen molar-refractivity contribution in [3.8, 4) is 0 Å². The van der Waals surface area contributed by atoms with Gasteiger partial charge in [-0.15, -0.1) is 0 Å². The van der Waals surface area contributed by atoms with Gasteiger partial charge in [0.2, 0.25) is 0 Å². The van der Waals surface area contributed by atoms with Crippen LogP contribution in [0.4, 0.5) is 11.4 Å². The second kappa shape index (κ2) is 8.83. The summed E-state index contributed by atoms with van der Waals surface area (Å²) in [5.41, 5.74) is 0.920. The van der Waals surface area contributed by atoms with Gasteiger partial charge in [0, 0.05) is 12.1 Å². The van der Waals surface area contributed by atoms with Gasteiger partial charge in [0.05, 0.1) is 22.1 Å². The van der Waals surface area contributed by atoms with Crippen LogP contribution >= 0.6 is 0 Å². The van der Waals surface area contributed by atoms with Crippen molar-refractivity contribution in [1.82, 2.24) is 0 Å². The van der Waals surface area contributed by atoms with E-state index in [9.17, 15) is 23.3 Å². The van der Waals surface area contributed by atoms with Gasteiger partial charge in [-0.2, -0.15) is 0 Å². The van der Waals surface area contributed by atoms with E-state index in [1.54, 1.807) is 31.2 Å². The Hall–Kier alpha value is -2.94. The summed E-state index contributed by atoms with van der Waals surface area (Å²) < 4.78 is 32.1. The molecule has 2 aromatic carbocycles. The van der Waals surface area contributed by atoms with Crippen LogP contribution in [0.5, 0.6) is 0 Å². The molecule has 0 N–H and O–H groups in total. The van der Waals surface area contributed by atoms with Gasteiger partial charge in [0.15, 0.2) is 0 Å². The minimum atomic E-state index is -4.23. The number of sulfonamides is 1. The Kier molecular flexibility index (Phi) is 6.74. The normalized spacial score (nSPS) is 11.3. The molecule has 0 saturated heterocycles. The van der Waals surface area contributed by atoms with Gasteiger partial charge in [-0.1, -0.05) is 32.0 Å². The number of nitro groups is 1. The fourth-order valence-electron chi connectivity index (χ4n) is 2.55. The molecule has 0 spiro atoms. The van der Waals surface area contributed by atoms with E-state index in [0.29, 0.717) is 0 Å². The van der Waals surface area contributed by atoms with Crippen molar-refractivity contribution in [2.45, 2.75) is 31.6 Å². The van der Waals surface area contributed by atoms with Crippen molar-refractivity contribution < 1.29 is 22.9 Å². The molecule has 0 unspecified atom stereocenters. The van der Waals surface area contributed by atoms with E-state index >= 15 is 0 Å². The number of anilines is 1. The fraction of sp³-hybridized carbons (Fsp3) is 0.316. The number of ether oxygens (including phenoxy) is 1. The number of nitro benzene ring substituents is 1. The molecule has 2 aromatic rings. The molecular formula is C19H22N2O6S. The third-order valence-electron chi connectivity index (χ3n) is 4.04. The SMILES string of the molecule is CCOC(=O)CN(c1ccc(C(C)C)cc1)S(=O)(=O)c1cccc([N+](=O)[O-])c1. The maximum atomic E-state index is 13.2. The minimum Gasteiger partial charge on any atom is -0.465 e. The number of nitrogens with zero attached hydrogens (tertiary/aromatic N) is 2. The van der Waals surface area contributed by atoms with E-state index in [2.05, 4.69) is 0 Å². The van der Waals surface area contributed by atoms with E-state index in [4.69, 9.17) is 4.74 Å². The minimum absolute atomic E-state index is 0.107. The summed E-state index contributed by atoms with van der Waals surface area (Å²) in [6.07, 6.45) is 0. The third-order valence-corrected chi connectivity index (χ3v) is 5.81. The van der Waals surface area contributed by atoms with Crippen LogP contribution in [-0.2, 0) is 19.6 Å². The lowest BCUT2D eigenvalue weighted by molar-refractivity contribution is -0.385. The lowest BCUT2D eigenvalue weighted by atomic mass is 10.0. The quantitative estimate of drug-likeness (QED) is 0.377. The highest BCUT2D eigenvalue weighted by atomic mass is 32.2. The molecule has 0 aliphatic rings. The zero-order valence-corrected chi connectivity index (χ0v) is 16.7. The van der Waals surface area contributed by atoms with Crippen LogP contribution in [0.25, 0.3) is 0 Å². The summed E-state index contributed by atoms with van der Waals surface area (Å²) in [6.45, 7) is 5.20. The summed E-state index contributed by atoms with van der Waals surface area (Å²) in [7, 11) is -4.23. The van der Waals surface area contributed by atoms with Crippen molar-refractivity contribution in [3.05, 3.63) is 64.2 Å². The number of non-ortho nitro benzene ring substituents is 1. The van der Waals surface area contributed by atoms with Crippen LogP contribution in [0.2, 0.25) is 0 Å². The van der Waals surface area contributed by atoms with Crippen LogP contribution in [0, 0.1) is 10.1 Å². The average molecular weight is 406 g/mol. The van der Waals surface area contributed by atoms with Crippen molar-refractivity contribution in [2.75, 3.05) is 17.5 Å². The van der Waals surface area contributed by atoms with Gasteiger partial charge in [0.25, 0.3) is 15.7 Å². The lowest BCUT2D eigenvalue weighted by Crippen LogP contribution is -2.36. The summed E-state index contributed by atoms with van der Waals surface area (Å²) in [6, 6.07) is 11.5. The number of carbonyl (C=O) groups excluding carboxylic acids is 1. The maximum Gasteiger partial charge on any atom is 0.326 e. The van der Waals surface area contributed by atoms with E-state index in [0.717, 1.165) is 15.9 Å². The van der Waals surface area contributed by atoms with Crippen molar-refractivity contribution in [2.24, 2.45) is 0 Å².